The normalized spacial score (nSPS) is 23.2. The van der Waals surface area contributed by atoms with Gasteiger partial charge in [-0.25, -0.2) is 8.42 Å². The number of nitrogens with zero attached hydrogens (tertiary/aromatic N) is 2. The number of hydrogen-bond acceptors (Lipinski definition) is 4. The molecule has 27 heavy (non-hydrogen) atoms. The Hall–Kier alpha value is -1.80. The monoisotopic (exact) mass is 394 g/mol. The van der Waals surface area contributed by atoms with Gasteiger partial charge in [0, 0.05) is 19.1 Å². The largest absolute Gasteiger partial charge is 0.393 e. The first-order valence-corrected chi connectivity index (χ1v) is 11.4. The lowest BCUT2D eigenvalue weighted by atomic mass is 9.93. The van der Waals surface area contributed by atoms with Crippen LogP contribution in [-0.4, -0.2) is 57.0 Å². The number of aliphatic imine (C=N–C) groups is 1. The first-order chi connectivity index (χ1) is 13.0. The molecular weight excluding hydrogens is 364 g/mol. The molecule has 0 bridgehead atoms. The predicted molar refractivity (Wildman–Crippen MR) is 109 cm³/mol. The third-order valence-electron chi connectivity index (χ3n) is 5.18. The second kappa shape index (κ2) is 8.93. The van der Waals surface area contributed by atoms with E-state index in [2.05, 4.69) is 15.6 Å². The first kappa shape index (κ1) is 19.9. The van der Waals surface area contributed by atoms with Gasteiger partial charge in [-0.1, -0.05) is 18.2 Å². The lowest BCUT2D eigenvalue weighted by Gasteiger charge is -2.27. The van der Waals surface area contributed by atoms with Crippen LogP contribution >= 0.6 is 0 Å². The Morgan fingerprint density at radius 3 is 2.74 bits per heavy atom. The number of nitrogens with one attached hydrogen (secondary N) is 2. The summed E-state index contributed by atoms with van der Waals surface area (Å²) in [5, 5.41) is 16.2. The van der Waals surface area contributed by atoms with Crippen molar-refractivity contribution in [2.75, 3.05) is 29.7 Å². The van der Waals surface area contributed by atoms with Crippen molar-refractivity contribution < 1.29 is 13.5 Å². The van der Waals surface area contributed by atoms with Crippen molar-refractivity contribution in [3.05, 3.63) is 29.8 Å². The molecule has 0 amide bonds. The van der Waals surface area contributed by atoms with Crippen LogP contribution < -0.4 is 14.9 Å². The second-order valence-corrected chi connectivity index (χ2v) is 9.19. The van der Waals surface area contributed by atoms with Crippen molar-refractivity contribution in [1.29, 1.82) is 0 Å². The molecule has 0 atom stereocenters. The zero-order chi connectivity index (χ0) is 19.3. The number of aliphatic hydroxyl groups is 1. The Labute approximate surface area is 161 Å². The van der Waals surface area contributed by atoms with Crippen LogP contribution in [0.2, 0.25) is 0 Å². The smallest absolute Gasteiger partial charge is 0.237 e. The van der Waals surface area contributed by atoms with E-state index < -0.39 is 10.0 Å². The van der Waals surface area contributed by atoms with Crippen molar-refractivity contribution in [1.82, 2.24) is 10.6 Å². The maximum absolute atomic E-state index is 12.7. The van der Waals surface area contributed by atoms with Crippen molar-refractivity contribution in [2.45, 2.75) is 51.2 Å². The van der Waals surface area contributed by atoms with E-state index in [0.717, 1.165) is 43.4 Å². The first-order valence-electron chi connectivity index (χ1n) is 9.81. The minimum absolute atomic E-state index is 0.0126. The molecule has 1 aliphatic carbocycles. The zero-order valence-corrected chi connectivity index (χ0v) is 16.7. The minimum Gasteiger partial charge on any atom is -0.393 e. The lowest BCUT2D eigenvalue weighted by Crippen LogP contribution is -2.45. The van der Waals surface area contributed by atoms with Gasteiger partial charge in [0.15, 0.2) is 5.96 Å². The third-order valence-corrected chi connectivity index (χ3v) is 6.93. The molecule has 0 spiro atoms. The quantitative estimate of drug-likeness (QED) is 0.499. The Morgan fingerprint density at radius 1 is 1.26 bits per heavy atom. The van der Waals surface area contributed by atoms with Gasteiger partial charge < -0.3 is 15.7 Å². The number of hydrogen-bond donors (Lipinski definition) is 3. The van der Waals surface area contributed by atoms with Crippen molar-refractivity contribution >= 4 is 21.7 Å². The molecule has 0 radical (unpaired) electrons. The van der Waals surface area contributed by atoms with E-state index in [0.29, 0.717) is 19.0 Å². The van der Waals surface area contributed by atoms with E-state index in [1.54, 1.807) is 0 Å². The summed E-state index contributed by atoms with van der Waals surface area (Å²) in [6, 6.07) is 7.94. The molecule has 1 aromatic carbocycles. The van der Waals surface area contributed by atoms with E-state index in [4.69, 9.17) is 0 Å². The molecule has 1 saturated carbocycles. The van der Waals surface area contributed by atoms with E-state index in [9.17, 15) is 13.5 Å². The SMILES string of the molecule is CCNC(=NCCS(=O)(=O)N1CCc2ccccc21)NC1CCC(O)CC1. The Morgan fingerprint density at radius 2 is 2.00 bits per heavy atom. The second-order valence-electron chi connectivity index (χ2n) is 7.18. The molecular formula is C19H30N4O3S. The van der Waals surface area contributed by atoms with E-state index >= 15 is 0 Å². The van der Waals surface area contributed by atoms with Gasteiger partial charge in [0.25, 0.3) is 0 Å². The molecule has 2 aliphatic rings. The van der Waals surface area contributed by atoms with Gasteiger partial charge in [-0.3, -0.25) is 9.30 Å². The maximum Gasteiger partial charge on any atom is 0.237 e. The van der Waals surface area contributed by atoms with Crippen LogP contribution in [0.25, 0.3) is 0 Å². The van der Waals surface area contributed by atoms with E-state index in [-0.39, 0.29) is 24.4 Å². The van der Waals surface area contributed by atoms with Crippen molar-refractivity contribution in [2.24, 2.45) is 4.99 Å². The van der Waals surface area contributed by atoms with Gasteiger partial charge in [0.2, 0.25) is 10.0 Å². The van der Waals surface area contributed by atoms with Crippen molar-refractivity contribution in [3.63, 3.8) is 0 Å². The van der Waals surface area contributed by atoms with Gasteiger partial charge in [-0.15, -0.1) is 0 Å². The molecule has 1 heterocycles. The Balaban J connectivity index is 1.58. The zero-order valence-electron chi connectivity index (χ0n) is 15.9. The van der Waals surface area contributed by atoms with Crippen LogP contribution in [0.1, 0.15) is 38.2 Å². The topological polar surface area (TPSA) is 94.0 Å². The number of aliphatic hydroxyl groups excluding tert-OH is 1. The molecule has 1 aliphatic heterocycles. The lowest BCUT2D eigenvalue weighted by molar-refractivity contribution is 0.120. The molecule has 150 valence electrons. The van der Waals surface area contributed by atoms with Gasteiger partial charge >= 0.3 is 0 Å². The minimum atomic E-state index is -3.39. The van der Waals surface area contributed by atoms with Crippen LogP contribution in [0.5, 0.6) is 0 Å². The molecule has 7 nitrogen and oxygen atoms in total. The van der Waals surface area contributed by atoms with Crippen LogP contribution in [0.15, 0.2) is 29.3 Å². The maximum atomic E-state index is 12.7. The Kier molecular flexibility index (Phi) is 6.59. The number of anilines is 1. The van der Waals surface area contributed by atoms with Gasteiger partial charge in [0.05, 0.1) is 24.1 Å². The Bertz CT molecular complexity index is 758. The third kappa shape index (κ3) is 5.13. The number of para-hydroxylation sites is 1. The molecule has 0 saturated heterocycles. The summed E-state index contributed by atoms with van der Waals surface area (Å²) in [7, 11) is -3.39. The average Bonchev–Trinajstić information content (AvgIpc) is 3.09. The summed E-state index contributed by atoms with van der Waals surface area (Å²) < 4.78 is 27.0. The highest BCUT2D eigenvalue weighted by Crippen LogP contribution is 2.29. The van der Waals surface area contributed by atoms with Gasteiger partial charge in [-0.05, 0) is 50.7 Å². The number of fused-ring (bicyclic) bond motifs is 1. The fourth-order valence-electron chi connectivity index (χ4n) is 3.71. The predicted octanol–water partition coefficient (Wildman–Crippen LogP) is 1.24. The fourth-order valence-corrected chi connectivity index (χ4v) is 5.10. The number of guanidine groups is 1. The molecule has 0 aromatic heterocycles. The van der Waals surface area contributed by atoms with Gasteiger partial charge in [0.1, 0.15) is 0 Å². The molecule has 0 unspecified atom stereocenters. The molecule has 3 N–H and O–H groups in total. The molecule has 1 fully saturated rings. The highest BCUT2D eigenvalue weighted by molar-refractivity contribution is 7.92. The molecule has 3 rings (SSSR count). The van der Waals surface area contributed by atoms with Crippen LogP contribution in [0.3, 0.4) is 0 Å². The molecule has 1 aromatic rings. The highest BCUT2D eigenvalue weighted by Gasteiger charge is 2.28. The van der Waals surface area contributed by atoms with E-state index in [1.807, 2.05) is 31.2 Å². The summed E-state index contributed by atoms with van der Waals surface area (Å²) in [6.07, 6.45) is 3.94. The summed E-state index contributed by atoms with van der Waals surface area (Å²) in [4.78, 5) is 4.47. The van der Waals surface area contributed by atoms with Crippen LogP contribution in [-0.2, 0) is 16.4 Å². The summed E-state index contributed by atoms with van der Waals surface area (Å²) in [5.74, 6) is 0.636. The number of benzene rings is 1. The molecule has 8 heteroatoms. The number of rotatable bonds is 6. The average molecular weight is 395 g/mol. The summed E-state index contributed by atoms with van der Waals surface area (Å²) >= 11 is 0. The van der Waals surface area contributed by atoms with Crippen molar-refractivity contribution in [3.8, 4) is 0 Å². The number of sulfonamides is 1. The highest BCUT2D eigenvalue weighted by atomic mass is 32.2. The summed E-state index contributed by atoms with van der Waals surface area (Å²) in [6.45, 7) is 3.42. The van der Waals surface area contributed by atoms with E-state index in [1.165, 1.54) is 4.31 Å². The van der Waals surface area contributed by atoms with Crippen LogP contribution in [0, 0.1) is 0 Å². The summed E-state index contributed by atoms with van der Waals surface area (Å²) in [5.41, 5.74) is 1.88. The van der Waals surface area contributed by atoms with Gasteiger partial charge in [-0.2, -0.15) is 0 Å². The van der Waals surface area contributed by atoms with Crippen LogP contribution in [0.4, 0.5) is 5.69 Å². The fraction of sp³-hybridized carbons (Fsp3) is 0.632. The standard InChI is InChI=1S/C19H30N4O3S/c1-2-20-19(22-16-7-9-17(24)10-8-16)21-12-14-27(25,26)23-13-11-15-5-3-4-6-18(15)23/h3-6,16-17,24H,2,7-14H2,1H3,(H2,20,21,22).